The molecule has 15 heteroatoms. The molecule has 0 spiro atoms. The van der Waals surface area contributed by atoms with Crippen molar-refractivity contribution in [2.75, 3.05) is 13.1 Å². The molecule has 0 radical (unpaired) electrons. The highest BCUT2D eigenvalue weighted by molar-refractivity contribution is 5.95. The van der Waals surface area contributed by atoms with Crippen LogP contribution >= 0.6 is 0 Å². The van der Waals surface area contributed by atoms with Crippen molar-refractivity contribution in [1.29, 1.82) is 0 Å². The van der Waals surface area contributed by atoms with Crippen molar-refractivity contribution in [3.63, 3.8) is 0 Å². The Balaban J connectivity index is 5.43. The van der Waals surface area contributed by atoms with Crippen LogP contribution in [0.4, 0.5) is 0 Å². The number of unbranched alkanes of at least 4 members (excludes halogenated alkanes) is 1. The SMILES string of the molecule is CC(C)CC(NC(=O)C(N)CCCCN)C(=O)NC(CC(=O)O)C(=O)NC(CCCN=C(N)N)C(=O)O. The first-order chi connectivity index (χ1) is 17.3. The van der Waals surface area contributed by atoms with Gasteiger partial charge < -0.3 is 49.1 Å². The zero-order valence-electron chi connectivity index (χ0n) is 21.4. The number of nitrogens with two attached hydrogens (primary N) is 4. The third-order valence-electron chi connectivity index (χ3n) is 5.22. The number of hydrogen-bond donors (Lipinski definition) is 9. The molecule has 0 rings (SSSR count). The van der Waals surface area contributed by atoms with Crippen molar-refractivity contribution >= 4 is 35.6 Å². The fourth-order valence-electron chi connectivity index (χ4n) is 3.31. The van der Waals surface area contributed by atoms with E-state index >= 15 is 0 Å². The molecule has 0 aromatic rings. The second kappa shape index (κ2) is 17.9. The van der Waals surface area contributed by atoms with E-state index < -0.39 is 60.2 Å². The molecule has 0 heterocycles. The highest BCUT2D eigenvalue weighted by Gasteiger charge is 2.31. The third kappa shape index (κ3) is 15.3. The third-order valence-corrected chi connectivity index (χ3v) is 5.22. The Morgan fingerprint density at radius 3 is 1.89 bits per heavy atom. The molecule has 0 aliphatic rings. The molecule has 212 valence electrons. The summed E-state index contributed by atoms with van der Waals surface area (Å²) in [5, 5.41) is 25.8. The van der Waals surface area contributed by atoms with Crippen molar-refractivity contribution in [2.45, 2.75) is 83.0 Å². The smallest absolute Gasteiger partial charge is 0.326 e. The van der Waals surface area contributed by atoms with E-state index in [1.165, 1.54) is 0 Å². The summed E-state index contributed by atoms with van der Waals surface area (Å²) >= 11 is 0. The van der Waals surface area contributed by atoms with E-state index in [0.717, 1.165) is 0 Å². The van der Waals surface area contributed by atoms with Crippen LogP contribution in [-0.2, 0) is 24.0 Å². The molecule has 3 amide bonds. The minimum atomic E-state index is -1.59. The summed E-state index contributed by atoms with van der Waals surface area (Å²) in [6, 6.07) is -4.92. The van der Waals surface area contributed by atoms with E-state index in [0.29, 0.717) is 25.8 Å². The van der Waals surface area contributed by atoms with Crippen LogP contribution in [0.1, 0.15) is 58.8 Å². The number of carbonyl (C=O) groups is 5. The second-order valence-electron chi connectivity index (χ2n) is 9.09. The molecule has 0 aliphatic heterocycles. The number of amides is 3. The topological polar surface area (TPSA) is 278 Å². The standard InChI is InChI=1S/C22H42N8O7/c1-12(2)10-15(29-18(33)13(24)6-3-4-8-23)19(34)30-16(11-17(31)32)20(35)28-14(21(36)37)7-5-9-27-22(25)26/h12-16H,3-11,23-24H2,1-2H3,(H,28,35)(H,29,33)(H,30,34)(H,31,32)(H,36,37)(H4,25,26,27). The van der Waals surface area contributed by atoms with Crippen molar-refractivity contribution in [1.82, 2.24) is 16.0 Å². The van der Waals surface area contributed by atoms with Crippen molar-refractivity contribution in [3.05, 3.63) is 0 Å². The quantitative estimate of drug-likeness (QED) is 0.0480. The van der Waals surface area contributed by atoms with E-state index in [2.05, 4.69) is 20.9 Å². The molecule has 0 saturated heterocycles. The lowest BCUT2D eigenvalue weighted by Gasteiger charge is -2.25. The maximum atomic E-state index is 13.0. The fourth-order valence-corrected chi connectivity index (χ4v) is 3.31. The normalized spacial score (nSPS) is 14.1. The average Bonchev–Trinajstić information content (AvgIpc) is 2.78. The minimum absolute atomic E-state index is 0.0420. The van der Waals surface area contributed by atoms with Crippen LogP contribution in [0.15, 0.2) is 4.99 Å². The van der Waals surface area contributed by atoms with Gasteiger partial charge in [-0.1, -0.05) is 20.3 Å². The summed E-state index contributed by atoms with van der Waals surface area (Å²) in [4.78, 5) is 64.9. The van der Waals surface area contributed by atoms with Crippen molar-refractivity contribution in [2.24, 2.45) is 33.8 Å². The van der Waals surface area contributed by atoms with Crippen LogP contribution in [0, 0.1) is 5.92 Å². The Bertz CT molecular complexity index is 802. The van der Waals surface area contributed by atoms with Gasteiger partial charge >= 0.3 is 11.9 Å². The summed E-state index contributed by atoms with van der Waals surface area (Å²) < 4.78 is 0. The molecular weight excluding hydrogens is 488 g/mol. The predicted molar refractivity (Wildman–Crippen MR) is 136 cm³/mol. The number of nitrogens with zero attached hydrogens (tertiary/aromatic N) is 1. The summed E-state index contributed by atoms with van der Waals surface area (Å²) in [6.45, 7) is 4.21. The lowest BCUT2D eigenvalue weighted by Crippen LogP contribution is -2.57. The summed E-state index contributed by atoms with van der Waals surface area (Å²) in [6.07, 6.45) is 1.25. The van der Waals surface area contributed by atoms with E-state index in [1.807, 2.05) is 13.8 Å². The molecular formula is C22H42N8O7. The Morgan fingerprint density at radius 2 is 1.38 bits per heavy atom. The molecule has 37 heavy (non-hydrogen) atoms. The first-order valence-corrected chi connectivity index (χ1v) is 12.1. The molecule has 0 fully saturated rings. The molecule has 0 aliphatic carbocycles. The van der Waals surface area contributed by atoms with Gasteiger partial charge in [-0.2, -0.15) is 0 Å². The number of rotatable bonds is 19. The van der Waals surface area contributed by atoms with Gasteiger partial charge in [0.15, 0.2) is 5.96 Å². The van der Waals surface area contributed by atoms with Crippen molar-refractivity contribution in [3.8, 4) is 0 Å². The van der Waals surface area contributed by atoms with Gasteiger partial charge in [0.1, 0.15) is 18.1 Å². The van der Waals surface area contributed by atoms with Gasteiger partial charge in [0.2, 0.25) is 17.7 Å². The molecule has 0 bridgehead atoms. The van der Waals surface area contributed by atoms with Gasteiger partial charge in [-0.3, -0.25) is 24.2 Å². The Kier molecular flexibility index (Phi) is 16.2. The van der Waals surface area contributed by atoms with E-state index in [1.54, 1.807) is 0 Å². The monoisotopic (exact) mass is 530 g/mol. The second-order valence-corrected chi connectivity index (χ2v) is 9.09. The van der Waals surface area contributed by atoms with E-state index in [-0.39, 0.29) is 37.7 Å². The fraction of sp³-hybridized carbons (Fsp3) is 0.727. The molecule has 0 saturated carbocycles. The largest absolute Gasteiger partial charge is 0.481 e. The van der Waals surface area contributed by atoms with Crippen LogP contribution in [-0.4, -0.2) is 83.1 Å². The van der Waals surface area contributed by atoms with Gasteiger partial charge in [0, 0.05) is 6.54 Å². The molecule has 4 unspecified atom stereocenters. The number of aliphatic carboxylic acids is 2. The van der Waals surface area contributed by atoms with Gasteiger partial charge in [-0.05, 0) is 44.6 Å². The summed E-state index contributed by atoms with van der Waals surface area (Å²) in [5.74, 6) is -5.32. The minimum Gasteiger partial charge on any atom is -0.481 e. The lowest BCUT2D eigenvalue weighted by atomic mass is 10.0. The summed E-state index contributed by atoms with van der Waals surface area (Å²) in [5.41, 5.74) is 21.8. The number of carboxylic acid groups (broad SMARTS) is 2. The molecule has 0 aromatic heterocycles. The number of carboxylic acids is 2. The number of hydrogen-bond acceptors (Lipinski definition) is 8. The highest BCUT2D eigenvalue weighted by Crippen LogP contribution is 2.08. The van der Waals surface area contributed by atoms with Gasteiger partial charge in [-0.25, -0.2) is 4.79 Å². The highest BCUT2D eigenvalue weighted by atomic mass is 16.4. The van der Waals surface area contributed by atoms with Gasteiger partial charge in [-0.15, -0.1) is 0 Å². The zero-order valence-corrected chi connectivity index (χ0v) is 21.4. The molecule has 13 N–H and O–H groups in total. The van der Waals surface area contributed by atoms with Crippen LogP contribution in [0.2, 0.25) is 0 Å². The Morgan fingerprint density at radius 1 is 0.811 bits per heavy atom. The molecule has 15 nitrogen and oxygen atoms in total. The van der Waals surface area contributed by atoms with Crippen LogP contribution < -0.4 is 38.9 Å². The van der Waals surface area contributed by atoms with E-state index in [4.69, 9.17) is 22.9 Å². The number of nitrogens with one attached hydrogen (secondary N) is 3. The average molecular weight is 531 g/mol. The van der Waals surface area contributed by atoms with Crippen LogP contribution in [0.3, 0.4) is 0 Å². The maximum absolute atomic E-state index is 13.0. The molecule has 4 atom stereocenters. The Hall–Kier alpha value is -3.46. The van der Waals surface area contributed by atoms with Gasteiger partial charge in [0.05, 0.1) is 12.5 Å². The lowest BCUT2D eigenvalue weighted by molar-refractivity contribution is -0.143. The summed E-state index contributed by atoms with van der Waals surface area (Å²) in [7, 11) is 0. The Labute approximate surface area is 216 Å². The predicted octanol–water partition coefficient (Wildman–Crippen LogP) is -2.44. The number of aliphatic imine (C=N–C) groups is 1. The van der Waals surface area contributed by atoms with Crippen molar-refractivity contribution < 1.29 is 34.2 Å². The zero-order chi connectivity index (χ0) is 28.5. The maximum Gasteiger partial charge on any atom is 0.326 e. The first-order valence-electron chi connectivity index (χ1n) is 12.1. The molecule has 0 aromatic carbocycles. The van der Waals surface area contributed by atoms with Crippen LogP contribution in [0.25, 0.3) is 0 Å². The first kappa shape index (κ1) is 33.5. The van der Waals surface area contributed by atoms with E-state index in [9.17, 15) is 34.2 Å². The van der Waals surface area contributed by atoms with Gasteiger partial charge in [0.25, 0.3) is 0 Å². The van der Waals surface area contributed by atoms with Crippen LogP contribution in [0.5, 0.6) is 0 Å². The number of carbonyl (C=O) groups excluding carboxylic acids is 3. The number of guanidine groups is 1.